The van der Waals surface area contributed by atoms with Gasteiger partial charge in [-0.25, -0.2) is 9.80 Å². The third kappa shape index (κ3) is 3.38. The highest BCUT2D eigenvalue weighted by atomic mass is 16.6. The Morgan fingerprint density at radius 2 is 2.05 bits per heavy atom. The van der Waals surface area contributed by atoms with Crippen LogP contribution >= 0.6 is 0 Å². The van der Waals surface area contributed by atoms with Gasteiger partial charge in [-0.3, -0.25) is 5.43 Å². The molecule has 0 aliphatic carbocycles. The second-order valence-corrected chi connectivity index (χ2v) is 5.57. The van der Waals surface area contributed by atoms with Crippen LogP contribution in [0.25, 0.3) is 0 Å². The molecule has 1 aromatic rings. The summed E-state index contributed by atoms with van der Waals surface area (Å²) in [5.74, 6) is 0.853. The van der Waals surface area contributed by atoms with Gasteiger partial charge in [-0.15, -0.1) is 0 Å². The number of carbonyl (C=O) groups is 1. The number of hydrogen-bond donors (Lipinski definition) is 1. The van der Waals surface area contributed by atoms with Gasteiger partial charge in [0.25, 0.3) is 0 Å². The molecule has 1 aliphatic rings. The minimum Gasteiger partial charge on any atom is -0.496 e. The van der Waals surface area contributed by atoms with Crippen LogP contribution < -0.4 is 10.2 Å². The van der Waals surface area contributed by atoms with Crippen molar-refractivity contribution in [3.8, 4) is 5.75 Å². The van der Waals surface area contributed by atoms with Crippen LogP contribution in [0.2, 0.25) is 0 Å². The number of methoxy groups -OCH3 is 1. The predicted molar refractivity (Wildman–Crippen MR) is 71.6 cm³/mol. The Balaban J connectivity index is 1.99. The zero-order chi connectivity index (χ0) is 14.0. The van der Waals surface area contributed by atoms with Crippen LogP contribution in [-0.4, -0.2) is 23.8 Å². The van der Waals surface area contributed by atoms with Crippen LogP contribution in [0.3, 0.4) is 0 Å². The number of carbonyl (C=O) groups excluding carboxylic acids is 1. The van der Waals surface area contributed by atoms with Crippen molar-refractivity contribution in [2.75, 3.05) is 7.11 Å². The minimum atomic E-state index is -0.492. The second-order valence-electron chi connectivity index (χ2n) is 5.57. The molecule has 5 heteroatoms. The number of rotatable bonds is 2. The van der Waals surface area contributed by atoms with Crippen molar-refractivity contribution in [2.45, 2.75) is 39.5 Å². The summed E-state index contributed by atoms with van der Waals surface area (Å²) >= 11 is 0. The fourth-order valence-electron chi connectivity index (χ4n) is 2.09. The summed E-state index contributed by atoms with van der Waals surface area (Å²) in [5, 5.41) is 1.82. The van der Waals surface area contributed by atoms with E-state index in [1.807, 2.05) is 44.0 Å². The van der Waals surface area contributed by atoms with Gasteiger partial charge in [0.1, 0.15) is 11.4 Å². The van der Waals surface area contributed by atoms with Crippen LogP contribution in [0, 0.1) is 0 Å². The number of nitrogens with one attached hydrogen (secondary N) is 1. The van der Waals surface area contributed by atoms with Gasteiger partial charge in [-0.05, 0) is 32.4 Å². The Morgan fingerprint density at radius 1 is 1.32 bits per heavy atom. The highest BCUT2D eigenvalue weighted by Crippen LogP contribution is 2.29. The van der Waals surface area contributed by atoms with E-state index in [-0.39, 0.29) is 0 Å². The van der Waals surface area contributed by atoms with Gasteiger partial charge < -0.3 is 9.47 Å². The first-order valence-corrected chi connectivity index (χ1v) is 6.28. The van der Waals surface area contributed by atoms with Gasteiger partial charge >= 0.3 is 6.09 Å². The lowest BCUT2D eigenvalue weighted by Gasteiger charge is -2.23. The highest BCUT2D eigenvalue weighted by Gasteiger charge is 2.25. The van der Waals surface area contributed by atoms with Gasteiger partial charge in [0.05, 0.1) is 7.11 Å². The average Bonchev–Trinajstić information content (AvgIpc) is 2.67. The molecular formula is C14H20N2O3. The van der Waals surface area contributed by atoms with Crippen LogP contribution in [0.4, 0.5) is 4.79 Å². The normalized spacial score (nSPS) is 14.9. The fourth-order valence-corrected chi connectivity index (χ4v) is 2.09. The van der Waals surface area contributed by atoms with E-state index in [2.05, 4.69) is 5.43 Å². The Bertz CT molecular complexity index is 480. The molecule has 0 fully saturated rings. The summed E-state index contributed by atoms with van der Waals surface area (Å²) in [6.45, 7) is 6.81. The van der Waals surface area contributed by atoms with Crippen molar-refractivity contribution in [1.82, 2.24) is 10.4 Å². The molecule has 1 N–H and O–H groups in total. The maximum absolute atomic E-state index is 11.7. The molecular weight excluding hydrogens is 244 g/mol. The Morgan fingerprint density at radius 3 is 2.68 bits per heavy atom. The van der Waals surface area contributed by atoms with Crippen molar-refractivity contribution in [3.05, 3.63) is 29.3 Å². The van der Waals surface area contributed by atoms with Crippen LogP contribution in [0.15, 0.2) is 18.2 Å². The molecule has 1 aromatic carbocycles. The molecule has 5 nitrogen and oxygen atoms in total. The first-order chi connectivity index (χ1) is 8.89. The summed E-state index contributed by atoms with van der Waals surface area (Å²) < 4.78 is 10.6. The maximum Gasteiger partial charge on any atom is 0.422 e. The quantitative estimate of drug-likeness (QED) is 0.891. The number of amides is 1. The van der Waals surface area contributed by atoms with Crippen molar-refractivity contribution in [2.24, 2.45) is 0 Å². The first-order valence-electron chi connectivity index (χ1n) is 6.28. The standard InChI is InChI=1S/C14H20N2O3/c1-14(2,3)19-13(17)15-16-8-10-6-5-7-12(18-4)11(10)9-16/h5-7H,8-9H2,1-4H3,(H,15,17). The lowest BCUT2D eigenvalue weighted by molar-refractivity contribution is 0.0323. The van der Waals surface area contributed by atoms with Gasteiger partial charge in [0, 0.05) is 18.7 Å². The smallest absolute Gasteiger partial charge is 0.422 e. The van der Waals surface area contributed by atoms with E-state index in [4.69, 9.17) is 9.47 Å². The van der Waals surface area contributed by atoms with Crippen molar-refractivity contribution >= 4 is 6.09 Å². The summed E-state index contributed by atoms with van der Waals surface area (Å²) in [6, 6.07) is 5.92. The van der Waals surface area contributed by atoms with Gasteiger partial charge in [0.2, 0.25) is 0 Å². The lowest BCUT2D eigenvalue weighted by Crippen LogP contribution is -2.41. The highest BCUT2D eigenvalue weighted by molar-refractivity contribution is 5.67. The fraction of sp³-hybridized carbons (Fsp3) is 0.500. The molecule has 0 saturated carbocycles. The van der Waals surface area contributed by atoms with E-state index < -0.39 is 11.7 Å². The summed E-state index contributed by atoms with van der Waals surface area (Å²) in [6.07, 6.45) is -0.431. The zero-order valence-electron chi connectivity index (χ0n) is 11.8. The number of benzene rings is 1. The Hall–Kier alpha value is -1.75. The average molecular weight is 264 g/mol. The van der Waals surface area contributed by atoms with Gasteiger partial charge in [-0.2, -0.15) is 0 Å². The monoisotopic (exact) mass is 264 g/mol. The zero-order valence-corrected chi connectivity index (χ0v) is 11.8. The van der Waals surface area contributed by atoms with E-state index in [0.29, 0.717) is 13.1 Å². The molecule has 0 aromatic heterocycles. The minimum absolute atomic E-state index is 0.431. The third-order valence-electron chi connectivity index (χ3n) is 2.81. The van der Waals surface area contributed by atoms with Crippen molar-refractivity contribution < 1.29 is 14.3 Å². The number of ether oxygens (including phenoxy) is 2. The predicted octanol–water partition coefficient (Wildman–Crippen LogP) is 2.45. The molecule has 0 unspecified atom stereocenters. The third-order valence-corrected chi connectivity index (χ3v) is 2.81. The Labute approximate surface area is 113 Å². The molecule has 0 bridgehead atoms. The number of hydrogen-bond acceptors (Lipinski definition) is 4. The SMILES string of the molecule is COc1cccc2c1CN(NC(=O)OC(C)(C)C)C2. The largest absolute Gasteiger partial charge is 0.496 e. The summed E-state index contributed by atoms with van der Waals surface area (Å²) in [7, 11) is 1.65. The van der Waals surface area contributed by atoms with E-state index >= 15 is 0 Å². The summed E-state index contributed by atoms with van der Waals surface area (Å²) in [4.78, 5) is 11.7. The van der Waals surface area contributed by atoms with E-state index in [0.717, 1.165) is 16.9 Å². The molecule has 0 saturated heterocycles. The molecule has 0 spiro atoms. The number of hydrazine groups is 1. The molecule has 1 heterocycles. The van der Waals surface area contributed by atoms with E-state index in [1.54, 1.807) is 7.11 Å². The first kappa shape index (κ1) is 13.7. The van der Waals surface area contributed by atoms with Crippen molar-refractivity contribution in [1.29, 1.82) is 0 Å². The van der Waals surface area contributed by atoms with Crippen LogP contribution in [0.1, 0.15) is 31.9 Å². The number of nitrogens with zero attached hydrogens (tertiary/aromatic N) is 1. The molecule has 0 radical (unpaired) electrons. The molecule has 104 valence electrons. The molecule has 1 amide bonds. The van der Waals surface area contributed by atoms with Gasteiger partial charge in [0.15, 0.2) is 0 Å². The maximum atomic E-state index is 11.7. The van der Waals surface area contributed by atoms with Gasteiger partial charge in [-0.1, -0.05) is 12.1 Å². The van der Waals surface area contributed by atoms with E-state index in [9.17, 15) is 4.79 Å². The Kier molecular flexibility index (Phi) is 3.66. The van der Waals surface area contributed by atoms with Crippen LogP contribution in [0.5, 0.6) is 5.75 Å². The topological polar surface area (TPSA) is 50.8 Å². The van der Waals surface area contributed by atoms with E-state index in [1.165, 1.54) is 0 Å². The molecule has 19 heavy (non-hydrogen) atoms. The molecule has 0 atom stereocenters. The lowest BCUT2D eigenvalue weighted by atomic mass is 10.1. The number of fused-ring (bicyclic) bond motifs is 1. The summed E-state index contributed by atoms with van der Waals surface area (Å²) in [5.41, 5.74) is 4.53. The second kappa shape index (κ2) is 5.09. The molecule has 2 rings (SSSR count). The van der Waals surface area contributed by atoms with Crippen LogP contribution in [-0.2, 0) is 17.8 Å². The van der Waals surface area contributed by atoms with Crippen molar-refractivity contribution in [3.63, 3.8) is 0 Å². The molecule has 1 aliphatic heterocycles.